The number of aryl methyl sites for hydroxylation is 1. The largest absolute Gasteiger partial charge is 0.462 e. The minimum Gasteiger partial charge on any atom is -0.462 e. The quantitative estimate of drug-likeness (QED) is 0.0191. The Kier molecular flexibility index (Phi) is 26.1. The number of amides is 7. The van der Waals surface area contributed by atoms with Gasteiger partial charge in [-0.15, -0.1) is 5.06 Å². The summed E-state index contributed by atoms with van der Waals surface area (Å²) in [6.07, 6.45) is 4.99. The number of nitrogens with one attached hydrogen (secondary N) is 5. The van der Waals surface area contributed by atoms with E-state index >= 15 is 0 Å². The van der Waals surface area contributed by atoms with Crippen LogP contribution in [0.3, 0.4) is 0 Å². The highest BCUT2D eigenvalue weighted by Gasteiger charge is 2.40. The normalized spacial score (nSPS) is 17.9. The number of Topliss-reactive ketones (excluding diaryl/α,β-unsaturated/α-hetero) is 1. The molecule has 1 saturated heterocycles. The molecule has 0 radical (unpaired) electrons. The molecule has 30 heteroatoms. The molecule has 0 unspecified atom stereocenters. The van der Waals surface area contributed by atoms with E-state index in [1.54, 1.807) is 38.1 Å². The van der Waals surface area contributed by atoms with Crippen LogP contribution in [0.1, 0.15) is 120 Å². The van der Waals surface area contributed by atoms with Crippen LogP contribution in [-0.4, -0.2) is 153 Å². The monoisotopic (exact) mass is 1260 g/mol. The van der Waals surface area contributed by atoms with Crippen molar-refractivity contribution in [2.45, 2.75) is 128 Å². The molecule has 0 spiro atoms. The highest BCUT2D eigenvalue weighted by atomic mass is 32.2. The number of nitrogens with zero attached hydrogens (tertiary/aromatic N) is 4. The van der Waals surface area contributed by atoms with Crippen LogP contribution in [0.2, 0.25) is 0 Å². The second-order valence-corrected chi connectivity index (χ2v) is 23.3. The van der Waals surface area contributed by atoms with Gasteiger partial charge in [0, 0.05) is 88.0 Å². The fourth-order valence-electron chi connectivity index (χ4n) is 10.6. The molecule has 2 aromatic carbocycles. The Hall–Kier alpha value is -8.16. The molecule has 0 bridgehead atoms. The van der Waals surface area contributed by atoms with E-state index in [1.165, 1.54) is 17.5 Å². The van der Waals surface area contributed by atoms with Gasteiger partial charge in [-0.2, -0.15) is 8.42 Å². The Balaban J connectivity index is 0.751. The van der Waals surface area contributed by atoms with Gasteiger partial charge >= 0.3 is 34.4 Å². The number of alkyl carbamates (subject to hydrolysis) is 1. The number of primary amides is 1. The summed E-state index contributed by atoms with van der Waals surface area (Å²) >= 11 is 0. The number of urea groups is 1. The maximum Gasteiger partial charge on any atom is 0.407 e. The number of fused-ring (bicyclic) bond motifs is 2. The van der Waals surface area contributed by atoms with Crippen molar-refractivity contribution in [1.29, 1.82) is 0 Å². The van der Waals surface area contributed by atoms with Crippen molar-refractivity contribution in [1.82, 2.24) is 35.5 Å². The maximum absolute atomic E-state index is 13.7. The second kappa shape index (κ2) is 34.0. The van der Waals surface area contributed by atoms with E-state index in [4.69, 9.17) is 43.6 Å². The zero-order valence-corrected chi connectivity index (χ0v) is 50.7. The highest BCUT2D eigenvalue weighted by molar-refractivity contribution is 7.84. The first-order chi connectivity index (χ1) is 42.7. The predicted molar refractivity (Wildman–Crippen MR) is 317 cm³/mol. The number of carbonyl (C=O) groups is 9. The summed E-state index contributed by atoms with van der Waals surface area (Å²) in [5.74, 6) is -4.92. The molecule has 9 N–H and O–H groups in total. The first kappa shape index (κ1) is 68.3. The number of hydrogen-bond acceptors (Lipinski definition) is 21. The van der Waals surface area contributed by atoms with Crippen molar-refractivity contribution in [3.63, 3.8) is 0 Å². The first-order valence-corrected chi connectivity index (χ1v) is 31.2. The molecular weight excluding hydrogens is 1180 g/mol. The van der Waals surface area contributed by atoms with Crippen molar-refractivity contribution in [2.75, 3.05) is 70.0 Å². The van der Waals surface area contributed by atoms with Gasteiger partial charge in [-0.1, -0.05) is 50.2 Å². The third-order valence-corrected chi connectivity index (χ3v) is 15.6. The van der Waals surface area contributed by atoms with E-state index in [2.05, 4.69) is 48.7 Å². The van der Waals surface area contributed by atoms with Crippen molar-refractivity contribution in [3.8, 4) is 0 Å². The van der Waals surface area contributed by atoms with E-state index < -0.39 is 87.8 Å². The molecule has 29 nitrogen and oxygen atoms in total. The molecule has 1 saturated carbocycles. The third kappa shape index (κ3) is 21.8. The molecule has 484 valence electrons. The van der Waals surface area contributed by atoms with Crippen molar-refractivity contribution in [3.05, 3.63) is 83.8 Å². The average Bonchev–Trinajstić information content (AvgIpc) is 2.23. The summed E-state index contributed by atoms with van der Waals surface area (Å²) in [5.41, 5.74) is 9.46. The lowest BCUT2D eigenvalue weighted by Crippen LogP contribution is -2.45. The number of benzene rings is 2. The van der Waals surface area contributed by atoms with Gasteiger partial charge in [0.1, 0.15) is 30.5 Å². The van der Waals surface area contributed by atoms with Gasteiger partial charge in [0.25, 0.3) is 11.8 Å². The topological polar surface area (TPSA) is 399 Å². The second-order valence-electron chi connectivity index (χ2n) is 22.1. The summed E-state index contributed by atoms with van der Waals surface area (Å²) in [6, 6.07) is 15.0. The number of rotatable bonds is 37. The Morgan fingerprint density at radius 2 is 1.52 bits per heavy atom. The van der Waals surface area contributed by atoms with Crippen molar-refractivity contribution in [2.24, 2.45) is 28.6 Å². The molecule has 2 aliphatic carbocycles. The van der Waals surface area contributed by atoms with Crippen molar-refractivity contribution >= 4 is 86.3 Å². The number of ether oxygens (including phenoxy) is 5. The predicted octanol–water partition coefficient (Wildman–Crippen LogP) is 3.86. The molecule has 89 heavy (non-hydrogen) atoms. The van der Waals surface area contributed by atoms with Gasteiger partial charge in [-0.3, -0.25) is 33.0 Å². The lowest BCUT2D eigenvalue weighted by Gasteiger charge is -2.24. The van der Waals surface area contributed by atoms with Gasteiger partial charge < -0.3 is 65.4 Å². The lowest BCUT2D eigenvalue weighted by molar-refractivity contribution is -0.198. The van der Waals surface area contributed by atoms with Gasteiger partial charge in [0.05, 0.1) is 63.5 Å². The number of imide groups is 1. The zero-order valence-electron chi connectivity index (χ0n) is 49.9. The van der Waals surface area contributed by atoms with Gasteiger partial charge in [-0.05, 0) is 79.3 Å². The van der Waals surface area contributed by atoms with Crippen LogP contribution in [-0.2, 0) is 89.6 Å². The average molecular weight is 1260 g/mol. The molecule has 1 aliphatic heterocycles. The number of hydroxylamine groups is 2. The van der Waals surface area contributed by atoms with Gasteiger partial charge in [-0.25, -0.2) is 29.5 Å². The molecule has 4 aromatic rings. The van der Waals surface area contributed by atoms with E-state index in [-0.39, 0.29) is 129 Å². The summed E-state index contributed by atoms with van der Waals surface area (Å²) in [7, 11) is -4.25. The summed E-state index contributed by atoms with van der Waals surface area (Å²) in [5, 5.41) is 20.6. The number of carbonyl (C=O) groups excluding carboxylic acids is 9. The number of hydrogen-bond donors (Lipinski definition) is 7. The summed E-state index contributed by atoms with van der Waals surface area (Å²) in [4.78, 5) is 126. The number of ketones is 1. The Morgan fingerprint density at radius 1 is 0.787 bits per heavy atom. The first-order valence-electron chi connectivity index (χ1n) is 29.7. The number of anilines is 2. The van der Waals surface area contributed by atoms with E-state index in [0.717, 1.165) is 18.2 Å². The molecule has 3 aliphatic rings. The van der Waals surface area contributed by atoms with Crippen LogP contribution in [0.25, 0.3) is 11.0 Å². The fraction of sp³-hybridized carbons (Fsp3) is 0.542. The lowest BCUT2D eigenvalue weighted by atomic mass is 9.89. The highest BCUT2D eigenvalue weighted by Crippen LogP contribution is 2.41. The van der Waals surface area contributed by atoms with E-state index in [1.807, 2.05) is 29.0 Å². The van der Waals surface area contributed by atoms with Gasteiger partial charge in [0.15, 0.2) is 5.78 Å². The van der Waals surface area contributed by atoms with Crippen molar-refractivity contribution < 1.29 is 84.3 Å². The minimum absolute atomic E-state index is 0.0411. The Morgan fingerprint density at radius 3 is 2.26 bits per heavy atom. The smallest absolute Gasteiger partial charge is 0.407 e. The fourth-order valence-corrected chi connectivity index (χ4v) is 11.0. The van der Waals surface area contributed by atoms with E-state index in [0.29, 0.717) is 53.5 Å². The summed E-state index contributed by atoms with van der Waals surface area (Å²) < 4.78 is 58.3. The maximum atomic E-state index is 13.7. The van der Waals surface area contributed by atoms with Crippen LogP contribution >= 0.6 is 0 Å². The van der Waals surface area contributed by atoms with Crippen LogP contribution in [0, 0.1) is 17.8 Å². The zero-order chi connectivity index (χ0) is 63.9. The van der Waals surface area contributed by atoms with E-state index in [9.17, 15) is 51.6 Å². The van der Waals surface area contributed by atoms with Crippen LogP contribution < -0.4 is 37.5 Å². The Bertz CT molecular complexity index is 3200. The molecule has 7 rings (SSSR count). The van der Waals surface area contributed by atoms with Crippen LogP contribution in [0.15, 0.2) is 67.1 Å². The van der Waals surface area contributed by atoms with Gasteiger partial charge in [0.2, 0.25) is 11.8 Å². The number of aromatic nitrogens is 3. The number of nitrogens with two attached hydrogens (primary N) is 2. The third-order valence-electron chi connectivity index (χ3n) is 15.1. The minimum atomic E-state index is -4.25. The molecule has 2 fully saturated rings. The SMILES string of the molecule is CC(C)[C@@H](NC(=O)CCOCCC(=O)ON1C(=O)CCC1=O)C(=O)C[C@H](CCCNC(N)=O)C(=O)Nc1ccc(COC(=O)NCCOCCOCCCC(=O)O[C@H]2C[C@H](n3ccc4c(N[C@H]5CCc6ccccc65)ncnc43)C[C@H]2COS(N)(=O)=O)cc1. The molecule has 7 amide bonds. The number of esters is 1. The molecule has 2 aromatic heterocycles. The van der Waals surface area contributed by atoms with Crippen LogP contribution in [0.5, 0.6) is 0 Å². The Labute approximate surface area is 514 Å². The summed E-state index contributed by atoms with van der Waals surface area (Å²) in [6.45, 7) is 4.00. The molecule has 3 heterocycles. The standard InChI is InChI=1S/C59H79N11O18S/c1-37(2)54(68-49(72)20-26-83-27-21-53(76)88-70-50(73)17-18-51(70)74)47(71)32-40(8-5-22-62-58(60)78)57(77)66-42-14-11-38(12-15-42)34-85-59(79)63-23-28-84-30-29-82-25-6-10-52(75)87-48-33-43(31-41(48)35-86-89(61,80)81)69-24-19-45-55(64-36-65-56(45)69)67-46-16-13-39-7-3-4-9-44(39)46/h3-4,7,9,11-12,14-15,19,24,36-37,40-41,43,46,48,54H,5-6,8,10,13,16-18,20-23,25-35H2,1-2H3,(H,63,79)(H,66,77)(H,68,72)(H3,60,62,78)(H2,61,80,81)(H,64,65,67)/t40-,41-,43+,46-,48-,54+/m0/s1. The van der Waals surface area contributed by atoms with Crippen LogP contribution in [0.4, 0.5) is 21.1 Å². The molecule has 6 atom stereocenters. The molecular formula is C59H79N11O18S.